The number of hydrogen-bond acceptors (Lipinski definition) is 7. The van der Waals surface area contributed by atoms with Gasteiger partial charge in [-0.2, -0.15) is 27.1 Å². The van der Waals surface area contributed by atoms with E-state index in [2.05, 4.69) is 10.1 Å². The molecule has 7 nitrogen and oxygen atoms in total. The molecule has 4 rings (SSSR count). The molecule has 2 heterocycles. The summed E-state index contributed by atoms with van der Waals surface area (Å²) in [6.45, 7) is 0.875. The first kappa shape index (κ1) is 34.5. The number of allylic oxidation sites excluding steroid dienone is 2. The van der Waals surface area contributed by atoms with Gasteiger partial charge in [0, 0.05) is 5.25 Å². The lowest BCUT2D eigenvalue weighted by atomic mass is 9.90. The van der Waals surface area contributed by atoms with Crippen LogP contribution >= 0.6 is 11.8 Å². The van der Waals surface area contributed by atoms with E-state index in [0.29, 0.717) is 11.1 Å². The third-order valence-electron chi connectivity index (χ3n) is 6.84. The molecule has 244 valence electrons. The number of hydrogen-bond donors (Lipinski definition) is 1. The van der Waals surface area contributed by atoms with Crippen LogP contribution in [0, 0.1) is 0 Å². The van der Waals surface area contributed by atoms with Crippen molar-refractivity contribution in [2.45, 2.75) is 54.4 Å². The maximum absolute atomic E-state index is 13.1. The third-order valence-corrected chi connectivity index (χ3v) is 8.30. The molecular weight excluding hydrogens is 631 g/mol. The van der Waals surface area contributed by atoms with Crippen LogP contribution in [-0.4, -0.2) is 68.8 Å². The Morgan fingerprint density at radius 1 is 1.00 bits per heavy atom. The zero-order valence-corrected chi connectivity index (χ0v) is 24.6. The molecule has 1 fully saturated rings. The van der Waals surface area contributed by atoms with Gasteiger partial charge in [0.2, 0.25) is 0 Å². The predicted octanol–water partition coefficient (Wildman–Crippen LogP) is 6.60. The van der Waals surface area contributed by atoms with Crippen LogP contribution in [0.5, 0.6) is 5.75 Å². The number of nitrogens with zero attached hydrogens (tertiary/aromatic N) is 3. The Balaban J connectivity index is 1.29. The quantitative estimate of drug-likeness (QED) is 0.164. The summed E-state index contributed by atoms with van der Waals surface area (Å²) in [7, 11) is 0. The minimum Gasteiger partial charge on any atom is -0.487 e. The van der Waals surface area contributed by atoms with E-state index in [4.69, 9.17) is 14.2 Å². The second-order valence-electron chi connectivity index (χ2n) is 10.2. The van der Waals surface area contributed by atoms with Gasteiger partial charge in [0.25, 0.3) is 0 Å². The number of ether oxygens (including phenoxy) is 3. The predicted molar refractivity (Wildman–Crippen MR) is 153 cm³/mol. The lowest BCUT2D eigenvalue weighted by Gasteiger charge is -2.37. The molecule has 0 amide bonds. The zero-order chi connectivity index (χ0) is 32.7. The fourth-order valence-corrected chi connectivity index (χ4v) is 5.62. The standard InChI is InChI=1S/C30H30F7N3O4S/c1-20(28(41,16-40-19-38-18-39-40)22-8-10-23(11-9-22)30(35,36)37)45-25-14-42-26(43-15-25)5-3-2-4-21-6-12-24(13-7-21)44-17-29(33,34)27(31)32/h2-13,18-20,25-27,41H,14-17H2,1H3/b4-2+,5-3+/t20?,25-,26-,28?. The van der Waals surface area contributed by atoms with Crippen LogP contribution in [-0.2, 0) is 27.8 Å². The highest BCUT2D eigenvalue weighted by atomic mass is 32.2. The van der Waals surface area contributed by atoms with Crippen molar-refractivity contribution in [3.63, 3.8) is 0 Å². The molecule has 0 saturated carbocycles. The first-order valence-electron chi connectivity index (χ1n) is 13.6. The van der Waals surface area contributed by atoms with Crippen molar-refractivity contribution >= 4 is 17.8 Å². The average Bonchev–Trinajstić information content (AvgIpc) is 3.52. The lowest BCUT2D eigenvalue weighted by Crippen LogP contribution is -2.43. The lowest BCUT2D eigenvalue weighted by molar-refractivity contribution is -0.148. The molecule has 1 saturated heterocycles. The van der Waals surface area contributed by atoms with Crippen LogP contribution in [0.25, 0.3) is 6.08 Å². The summed E-state index contributed by atoms with van der Waals surface area (Å²) < 4.78 is 108. The average molecular weight is 662 g/mol. The van der Waals surface area contributed by atoms with Crippen LogP contribution < -0.4 is 4.74 Å². The highest BCUT2D eigenvalue weighted by Gasteiger charge is 2.42. The summed E-state index contributed by atoms with van der Waals surface area (Å²) >= 11 is 1.38. The smallest absolute Gasteiger partial charge is 0.416 e. The van der Waals surface area contributed by atoms with Gasteiger partial charge in [-0.3, -0.25) is 0 Å². The first-order chi connectivity index (χ1) is 21.3. The van der Waals surface area contributed by atoms with E-state index < -0.39 is 47.8 Å². The molecule has 2 aromatic carbocycles. The highest BCUT2D eigenvalue weighted by Crippen LogP contribution is 2.39. The minimum absolute atomic E-state index is 0.0324. The van der Waals surface area contributed by atoms with Crippen molar-refractivity contribution in [3.05, 3.63) is 96.1 Å². The summed E-state index contributed by atoms with van der Waals surface area (Å²) in [5.41, 5.74) is -1.41. The van der Waals surface area contributed by atoms with Crippen molar-refractivity contribution in [1.29, 1.82) is 0 Å². The van der Waals surface area contributed by atoms with E-state index in [9.17, 15) is 35.8 Å². The Morgan fingerprint density at radius 2 is 1.64 bits per heavy atom. The number of benzene rings is 2. The van der Waals surface area contributed by atoms with Gasteiger partial charge in [-0.1, -0.05) is 49.4 Å². The third kappa shape index (κ3) is 9.55. The normalized spacial score (nSPS) is 20.1. The Kier molecular flexibility index (Phi) is 11.3. The number of alkyl halides is 7. The minimum atomic E-state index is -4.51. The van der Waals surface area contributed by atoms with Crippen LogP contribution in [0.4, 0.5) is 30.7 Å². The zero-order valence-electron chi connectivity index (χ0n) is 23.8. The maximum atomic E-state index is 13.1. The first-order valence-corrected chi connectivity index (χ1v) is 14.6. The van der Waals surface area contributed by atoms with E-state index in [1.807, 2.05) is 0 Å². The van der Waals surface area contributed by atoms with Gasteiger partial charge in [-0.15, -0.1) is 11.8 Å². The second kappa shape index (κ2) is 14.8. The highest BCUT2D eigenvalue weighted by molar-refractivity contribution is 8.00. The molecule has 0 bridgehead atoms. The molecule has 15 heteroatoms. The molecule has 3 aromatic rings. The Labute approximate surface area is 258 Å². The van der Waals surface area contributed by atoms with Crippen LogP contribution in [0.1, 0.15) is 23.6 Å². The molecule has 1 N–H and O–H groups in total. The van der Waals surface area contributed by atoms with Gasteiger partial charge in [-0.25, -0.2) is 18.4 Å². The fourth-order valence-electron chi connectivity index (χ4n) is 4.29. The number of rotatable bonds is 13. The van der Waals surface area contributed by atoms with Gasteiger partial charge in [0.15, 0.2) is 12.9 Å². The topological polar surface area (TPSA) is 78.6 Å². The van der Waals surface area contributed by atoms with Crippen molar-refractivity contribution in [2.75, 3.05) is 19.8 Å². The summed E-state index contributed by atoms with van der Waals surface area (Å²) in [4.78, 5) is 3.89. The fraction of sp³-hybridized carbons (Fsp3) is 0.400. The van der Waals surface area contributed by atoms with Crippen molar-refractivity contribution in [1.82, 2.24) is 14.8 Å². The summed E-state index contributed by atoms with van der Waals surface area (Å²) in [5.74, 6) is -4.20. The molecule has 0 spiro atoms. The number of aliphatic hydroxyl groups is 1. The molecule has 0 radical (unpaired) electrons. The monoisotopic (exact) mass is 661 g/mol. The molecule has 0 aliphatic carbocycles. The van der Waals surface area contributed by atoms with Crippen molar-refractivity contribution < 1.29 is 50.1 Å². The molecule has 1 aliphatic rings. The molecule has 2 atom stereocenters. The van der Waals surface area contributed by atoms with Crippen LogP contribution in [0.3, 0.4) is 0 Å². The number of halogens is 7. The summed E-state index contributed by atoms with van der Waals surface area (Å²) in [5, 5.41) is 15.1. The molecule has 1 aliphatic heterocycles. The SMILES string of the molecule is CC(S[C@H]1CO[C@H](/C=C/C=C/c2ccc(OCC(F)(F)C(F)F)cc2)OC1)C(O)(Cn1cncn1)c1ccc(C(F)(F)F)cc1. The van der Waals surface area contributed by atoms with E-state index in [1.165, 1.54) is 53.4 Å². The maximum Gasteiger partial charge on any atom is 0.416 e. The second-order valence-corrected chi connectivity index (χ2v) is 11.8. The van der Waals surface area contributed by atoms with Gasteiger partial charge in [0.05, 0.1) is 30.6 Å². The van der Waals surface area contributed by atoms with Gasteiger partial charge < -0.3 is 19.3 Å². The van der Waals surface area contributed by atoms with Crippen LogP contribution in [0.15, 0.2) is 79.4 Å². The van der Waals surface area contributed by atoms with Crippen molar-refractivity contribution in [3.8, 4) is 5.75 Å². The van der Waals surface area contributed by atoms with Gasteiger partial charge in [-0.05, 0) is 41.5 Å². The summed E-state index contributed by atoms with van der Waals surface area (Å²) in [6, 6.07) is 10.3. The molecule has 1 aromatic heterocycles. The van der Waals surface area contributed by atoms with E-state index in [-0.39, 0.29) is 30.8 Å². The van der Waals surface area contributed by atoms with Crippen molar-refractivity contribution in [2.24, 2.45) is 0 Å². The molecule has 45 heavy (non-hydrogen) atoms. The Hall–Kier alpha value is -3.40. The molecular formula is C30H30F7N3O4S. The largest absolute Gasteiger partial charge is 0.487 e. The van der Waals surface area contributed by atoms with Gasteiger partial charge >= 0.3 is 18.5 Å². The van der Waals surface area contributed by atoms with Crippen LogP contribution in [0.2, 0.25) is 0 Å². The summed E-state index contributed by atoms with van der Waals surface area (Å²) in [6.07, 6.45) is 0.538. The Bertz CT molecular complexity index is 1400. The molecule has 2 unspecified atom stereocenters. The Morgan fingerprint density at radius 3 is 2.22 bits per heavy atom. The van der Waals surface area contributed by atoms with E-state index in [0.717, 1.165) is 12.1 Å². The number of aromatic nitrogens is 3. The van der Waals surface area contributed by atoms with Gasteiger partial charge in [0.1, 0.15) is 24.0 Å². The van der Waals surface area contributed by atoms with E-state index in [1.54, 1.807) is 43.4 Å². The van der Waals surface area contributed by atoms with E-state index >= 15 is 0 Å². The number of thioether (sulfide) groups is 1.